The maximum absolute atomic E-state index is 11.3. The van der Waals surface area contributed by atoms with E-state index in [1.165, 1.54) is 11.8 Å². The Morgan fingerprint density at radius 3 is 2.69 bits per heavy atom. The van der Waals surface area contributed by atoms with Crippen LogP contribution < -0.4 is 5.32 Å². The minimum atomic E-state index is -0.00358. The zero-order valence-electron chi connectivity index (χ0n) is 8.98. The Labute approximate surface area is 99.6 Å². The second kappa shape index (κ2) is 7.09. The van der Waals surface area contributed by atoms with Crippen molar-refractivity contribution < 1.29 is 9.90 Å². The van der Waals surface area contributed by atoms with Gasteiger partial charge in [0.15, 0.2) is 0 Å². The molecule has 0 spiro atoms. The molecule has 16 heavy (non-hydrogen) atoms. The molecule has 1 rings (SSSR count). The first-order valence-electron chi connectivity index (χ1n) is 4.96. The van der Waals surface area contributed by atoms with E-state index in [1.807, 2.05) is 24.3 Å². The topological polar surface area (TPSA) is 49.3 Å². The SMILES string of the molecule is C=CCNC(=O)CSc1ccc(CO)cc1. The predicted molar refractivity (Wildman–Crippen MR) is 66.3 cm³/mol. The molecular weight excluding hydrogens is 222 g/mol. The van der Waals surface area contributed by atoms with Crippen LogP contribution in [0.5, 0.6) is 0 Å². The van der Waals surface area contributed by atoms with Gasteiger partial charge in [-0.25, -0.2) is 0 Å². The van der Waals surface area contributed by atoms with Crippen molar-refractivity contribution in [3.05, 3.63) is 42.5 Å². The van der Waals surface area contributed by atoms with Crippen LogP contribution in [0.3, 0.4) is 0 Å². The third-order valence-electron chi connectivity index (χ3n) is 1.92. The van der Waals surface area contributed by atoms with E-state index in [2.05, 4.69) is 11.9 Å². The molecule has 3 nitrogen and oxygen atoms in total. The number of hydrogen-bond donors (Lipinski definition) is 2. The van der Waals surface area contributed by atoms with Gasteiger partial charge in [-0.1, -0.05) is 18.2 Å². The van der Waals surface area contributed by atoms with E-state index in [-0.39, 0.29) is 12.5 Å². The van der Waals surface area contributed by atoms with E-state index < -0.39 is 0 Å². The third-order valence-corrected chi connectivity index (χ3v) is 2.93. The fraction of sp³-hybridized carbons (Fsp3) is 0.250. The van der Waals surface area contributed by atoms with Gasteiger partial charge in [0.05, 0.1) is 12.4 Å². The van der Waals surface area contributed by atoms with Crippen molar-refractivity contribution in [1.29, 1.82) is 0 Å². The Hall–Kier alpha value is -1.26. The molecule has 2 N–H and O–H groups in total. The van der Waals surface area contributed by atoms with Crippen LogP contribution in [-0.4, -0.2) is 23.3 Å². The molecule has 0 heterocycles. The molecule has 1 amide bonds. The maximum atomic E-state index is 11.3. The Balaban J connectivity index is 2.36. The molecule has 0 saturated heterocycles. The van der Waals surface area contributed by atoms with Crippen LogP contribution in [0, 0.1) is 0 Å². The molecule has 0 aromatic heterocycles. The summed E-state index contributed by atoms with van der Waals surface area (Å²) >= 11 is 1.47. The molecule has 0 saturated carbocycles. The number of aliphatic hydroxyl groups excluding tert-OH is 1. The van der Waals surface area contributed by atoms with Gasteiger partial charge in [-0.05, 0) is 17.7 Å². The zero-order valence-corrected chi connectivity index (χ0v) is 9.80. The number of carbonyl (C=O) groups excluding carboxylic acids is 1. The second-order valence-corrected chi connectivity index (χ2v) is 4.23. The van der Waals surface area contributed by atoms with E-state index in [4.69, 9.17) is 5.11 Å². The summed E-state index contributed by atoms with van der Waals surface area (Å²) in [6.45, 7) is 4.07. The van der Waals surface area contributed by atoms with Crippen molar-refractivity contribution in [3.8, 4) is 0 Å². The molecule has 0 bridgehead atoms. The molecule has 4 heteroatoms. The maximum Gasteiger partial charge on any atom is 0.230 e. The van der Waals surface area contributed by atoms with Gasteiger partial charge < -0.3 is 10.4 Å². The Kier molecular flexibility index (Phi) is 5.67. The average molecular weight is 237 g/mol. The van der Waals surface area contributed by atoms with Gasteiger partial charge in [0.25, 0.3) is 0 Å². The summed E-state index contributed by atoms with van der Waals surface area (Å²) in [5.74, 6) is 0.392. The molecule has 1 aromatic carbocycles. The lowest BCUT2D eigenvalue weighted by atomic mass is 10.2. The first-order chi connectivity index (χ1) is 7.76. The van der Waals surface area contributed by atoms with Crippen molar-refractivity contribution in [2.75, 3.05) is 12.3 Å². The highest BCUT2D eigenvalue weighted by atomic mass is 32.2. The van der Waals surface area contributed by atoms with Gasteiger partial charge in [-0.3, -0.25) is 4.79 Å². The molecule has 0 unspecified atom stereocenters. The van der Waals surface area contributed by atoms with Gasteiger partial charge in [0, 0.05) is 11.4 Å². The minimum absolute atomic E-state index is 0.00358. The summed E-state index contributed by atoms with van der Waals surface area (Å²) in [6.07, 6.45) is 1.65. The van der Waals surface area contributed by atoms with Gasteiger partial charge in [-0.2, -0.15) is 0 Å². The van der Waals surface area contributed by atoms with Gasteiger partial charge in [0.2, 0.25) is 5.91 Å². The highest BCUT2D eigenvalue weighted by molar-refractivity contribution is 8.00. The average Bonchev–Trinajstić information content (AvgIpc) is 2.34. The Bertz CT molecular complexity index is 349. The lowest BCUT2D eigenvalue weighted by Crippen LogP contribution is -2.24. The lowest BCUT2D eigenvalue weighted by Gasteiger charge is -2.03. The number of carbonyl (C=O) groups is 1. The predicted octanol–water partition coefficient (Wildman–Crippen LogP) is 1.57. The first kappa shape index (κ1) is 12.8. The Morgan fingerprint density at radius 1 is 1.44 bits per heavy atom. The highest BCUT2D eigenvalue weighted by Gasteiger charge is 2.01. The van der Waals surface area contributed by atoms with Crippen LogP contribution in [0.15, 0.2) is 41.8 Å². The van der Waals surface area contributed by atoms with E-state index in [0.717, 1.165) is 10.5 Å². The van der Waals surface area contributed by atoms with Crippen molar-refractivity contribution in [1.82, 2.24) is 5.32 Å². The lowest BCUT2D eigenvalue weighted by molar-refractivity contribution is -0.118. The summed E-state index contributed by atoms with van der Waals surface area (Å²) in [5, 5.41) is 11.6. The molecule has 0 fully saturated rings. The normalized spacial score (nSPS) is 9.81. The fourth-order valence-electron chi connectivity index (χ4n) is 1.08. The molecule has 1 aromatic rings. The standard InChI is InChI=1S/C12H15NO2S/c1-2-7-13-12(15)9-16-11-5-3-10(8-14)4-6-11/h2-6,14H,1,7-9H2,(H,13,15). The van der Waals surface area contributed by atoms with Crippen molar-refractivity contribution in [3.63, 3.8) is 0 Å². The second-order valence-electron chi connectivity index (χ2n) is 3.18. The van der Waals surface area contributed by atoms with E-state index in [0.29, 0.717) is 12.3 Å². The van der Waals surface area contributed by atoms with E-state index >= 15 is 0 Å². The molecule has 0 radical (unpaired) electrons. The number of amides is 1. The summed E-state index contributed by atoms with van der Waals surface area (Å²) in [4.78, 5) is 12.3. The molecular formula is C12H15NO2S. The quantitative estimate of drug-likeness (QED) is 0.583. The highest BCUT2D eigenvalue weighted by Crippen LogP contribution is 2.17. The summed E-state index contributed by atoms with van der Waals surface area (Å²) in [6, 6.07) is 7.50. The van der Waals surface area contributed by atoms with Crippen LogP contribution in [0.2, 0.25) is 0 Å². The van der Waals surface area contributed by atoms with E-state index in [9.17, 15) is 4.79 Å². The molecule has 0 aliphatic heterocycles. The minimum Gasteiger partial charge on any atom is -0.392 e. The summed E-state index contributed by atoms with van der Waals surface area (Å²) in [5.41, 5.74) is 0.875. The van der Waals surface area contributed by atoms with Crippen LogP contribution in [0.25, 0.3) is 0 Å². The zero-order chi connectivity index (χ0) is 11.8. The van der Waals surface area contributed by atoms with Crippen molar-refractivity contribution >= 4 is 17.7 Å². The third kappa shape index (κ3) is 4.51. The van der Waals surface area contributed by atoms with Crippen LogP contribution in [0.4, 0.5) is 0 Å². The van der Waals surface area contributed by atoms with Crippen molar-refractivity contribution in [2.45, 2.75) is 11.5 Å². The van der Waals surface area contributed by atoms with Gasteiger partial charge in [-0.15, -0.1) is 18.3 Å². The largest absolute Gasteiger partial charge is 0.392 e. The Morgan fingerprint density at radius 2 is 2.12 bits per heavy atom. The van der Waals surface area contributed by atoms with E-state index in [1.54, 1.807) is 6.08 Å². The molecule has 86 valence electrons. The van der Waals surface area contributed by atoms with Crippen LogP contribution in [-0.2, 0) is 11.4 Å². The van der Waals surface area contributed by atoms with Gasteiger partial charge in [0.1, 0.15) is 0 Å². The fourth-order valence-corrected chi connectivity index (χ4v) is 1.81. The first-order valence-corrected chi connectivity index (χ1v) is 5.95. The summed E-state index contributed by atoms with van der Waals surface area (Å²) in [7, 11) is 0. The molecule has 0 atom stereocenters. The van der Waals surface area contributed by atoms with Gasteiger partial charge >= 0.3 is 0 Å². The van der Waals surface area contributed by atoms with Crippen molar-refractivity contribution in [2.24, 2.45) is 0 Å². The number of hydrogen-bond acceptors (Lipinski definition) is 3. The smallest absolute Gasteiger partial charge is 0.230 e. The number of aliphatic hydroxyl groups is 1. The monoisotopic (exact) mass is 237 g/mol. The molecule has 0 aliphatic carbocycles. The summed E-state index contributed by atoms with van der Waals surface area (Å²) < 4.78 is 0. The number of benzene rings is 1. The van der Waals surface area contributed by atoms with Crippen LogP contribution in [0.1, 0.15) is 5.56 Å². The van der Waals surface area contributed by atoms with Crippen LogP contribution >= 0.6 is 11.8 Å². The molecule has 0 aliphatic rings. The number of rotatable bonds is 6. The number of thioether (sulfide) groups is 1. The number of nitrogens with one attached hydrogen (secondary N) is 1.